The predicted octanol–water partition coefficient (Wildman–Crippen LogP) is 16.7. The standard InChI is InChI=1S/C76H145NO13/c1-3-5-7-9-11-13-15-17-19-21-23-25-27-29-30-31-32-33-34-36-37-39-41-43-45-47-49-51-53-55-57-59-65(80)64(63-87-75-73(86)71(84)74(67(62-79)89-75)90-76-72(85)70(83)69(82)66(61-78)88-76)77-68(81)60-58-56-54-52-50-48-46-44-42-40-38-35-28-26-24-22-20-18-16-14-12-10-8-6-4-2/h49,51,57,59,64-67,69-76,78-80,82-86H,3-48,50,52-56,58,60-63H2,1-2H3,(H,77,81)/b51-49+,59-57+. The second-order valence-corrected chi connectivity index (χ2v) is 27.5. The summed E-state index contributed by atoms with van der Waals surface area (Å²) in [5.41, 5.74) is 0. The van der Waals surface area contributed by atoms with Gasteiger partial charge in [0.05, 0.1) is 32.0 Å². The van der Waals surface area contributed by atoms with Crippen molar-refractivity contribution in [1.82, 2.24) is 5.32 Å². The molecule has 0 aromatic rings. The molecule has 2 aliphatic rings. The van der Waals surface area contributed by atoms with Gasteiger partial charge in [0.15, 0.2) is 12.6 Å². The van der Waals surface area contributed by atoms with E-state index in [0.29, 0.717) is 12.8 Å². The lowest BCUT2D eigenvalue weighted by molar-refractivity contribution is -0.359. The molecule has 0 aliphatic carbocycles. The molecule has 2 heterocycles. The second kappa shape index (κ2) is 61.1. The molecule has 0 aromatic carbocycles. The van der Waals surface area contributed by atoms with Crippen molar-refractivity contribution in [1.29, 1.82) is 0 Å². The molecule has 0 radical (unpaired) electrons. The number of aliphatic hydroxyl groups excluding tert-OH is 8. The fourth-order valence-corrected chi connectivity index (χ4v) is 13.0. The molecule has 90 heavy (non-hydrogen) atoms. The van der Waals surface area contributed by atoms with E-state index in [1.54, 1.807) is 6.08 Å². The summed E-state index contributed by atoms with van der Waals surface area (Å²) < 4.78 is 22.9. The maximum Gasteiger partial charge on any atom is 0.220 e. The lowest BCUT2D eigenvalue weighted by Gasteiger charge is -2.46. The van der Waals surface area contributed by atoms with Crippen LogP contribution < -0.4 is 5.32 Å². The number of rotatable bonds is 65. The van der Waals surface area contributed by atoms with Gasteiger partial charge in [0.25, 0.3) is 0 Å². The highest BCUT2D eigenvalue weighted by molar-refractivity contribution is 5.76. The van der Waals surface area contributed by atoms with Crippen LogP contribution in [0, 0.1) is 0 Å². The summed E-state index contributed by atoms with van der Waals surface area (Å²) in [6.45, 7) is 2.85. The monoisotopic (exact) mass is 1280 g/mol. The minimum absolute atomic E-state index is 0.240. The molecule has 0 bridgehead atoms. The molecular formula is C76H145NO13. The average molecular weight is 1280 g/mol. The zero-order valence-electron chi connectivity index (χ0n) is 58.2. The molecule has 0 saturated carbocycles. The van der Waals surface area contributed by atoms with E-state index in [4.69, 9.17) is 18.9 Å². The van der Waals surface area contributed by atoms with Gasteiger partial charge in [-0.2, -0.15) is 0 Å². The molecule has 14 nitrogen and oxygen atoms in total. The van der Waals surface area contributed by atoms with Crippen molar-refractivity contribution in [3.63, 3.8) is 0 Å². The molecule has 2 aliphatic heterocycles. The third kappa shape index (κ3) is 44.3. The van der Waals surface area contributed by atoms with Gasteiger partial charge in [0, 0.05) is 6.42 Å². The molecule has 2 saturated heterocycles. The fraction of sp³-hybridized carbons (Fsp3) is 0.934. The van der Waals surface area contributed by atoms with Crippen LogP contribution in [-0.4, -0.2) is 140 Å². The summed E-state index contributed by atoms with van der Waals surface area (Å²) >= 11 is 0. The van der Waals surface area contributed by atoms with Gasteiger partial charge in [-0.1, -0.05) is 346 Å². The molecule has 2 fully saturated rings. The Balaban J connectivity index is 1.65. The lowest BCUT2D eigenvalue weighted by atomic mass is 9.97. The first-order valence-corrected chi connectivity index (χ1v) is 38.6. The van der Waals surface area contributed by atoms with Crippen LogP contribution in [0.25, 0.3) is 0 Å². The first-order chi connectivity index (χ1) is 44.1. The number of amides is 1. The Hall–Kier alpha value is -1.53. The zero-order valence-corrected chi connectivity index (χ0v) is 58.2. The van der Waals surface area contributed by atoms with Gasteiger partial charge in [0.1, 0.15) is 48.8 Å². The van der Waals surface area contributed by atoms with Crippen LogP contribution in [0.2, 0.25) is 0 Å². The number of aliphatic hydroxyl groups is 8. The lowest BCUT2D eigenvalue weighted by Crippen LogP contribution is -2.65. The smallest absolute Gasteiger partial charge is 0.220 e. The number of carbonyl (C=O) groups is 1. The summed E-state index contributed by atoms with van der Waals surface area (Å²) in [5, 5.41) is 87.6. The molecule has 532 valence electrons. The van der Waals surface area contributed by atoms with Gasteiger partial charge in [-0.15, -0.1) is 0 Å². The third-order valence-corrected chi connectivity index (χ3v) is 19.1. The normalized spacial score (nSPS) is 23.0. The minimum Gasteiger partial charge on any atom is -0.394 e. The molecular weight excluding hydrogens is 1130 g/mol. The number of hydrogen-bond donors (Lipinski definition) is 9. The van der Waals surface area contributed by atoms with Gasteiger partial charge in [-0.05, 0) is 32.1 Å². The van der Waals surface area contributed by atoms with Crippen LogP contribution >= 0.6 is 0 Å². The second-order valence-electron chi connectivity index (χ2n) is 27.5. The number of ether oxygens (including phenoxy) is 4. The van der Waals surface area contributed by atoms with E-state index < -0.39 is 86.8 Å². The van der Waals surface area contributed by atoms with Crippen molar-refractivity contribution in [3.05, 3.63) is 24.3 Å². The number of unbranched alkanes of at least 4 members (excludes halogenated alkanes) is 50. The Morgan fingerprint density at radius 3 is 1.09 bits per heavy atom. The summed E-state index contributed by atoms with van der Waals surface area (Å²) in [4.78, 5) is 13.4. The van der Waals surface area contributed by atoms with Crippen molar-refractivity contribution in [3.8, 4) is 0 Å². The Labute approximate surface area is 551 Å². The molecule has 12 atom stereocenters. The highest BCUT2D eigenvalue weighted by atomic mass is 16.7. The third-order valence-electron chi connectivity index (χ3n) is 19.1. The molecule has 12 unspecified atom stereocenters. The van der Waals surface area contributed by atoms with Crippen molar-refractivity contribution >= 4 is 5.91 Å². The van der Waals surface area contributed by atoms with Gasteiger partial charge in [-0.3, -0.25) is 4.79 Å². The summed E-state index contributed by atoms with van der Waals surface area (Å²) in [6.07, 6.45) is 61.2. The quantitative estimate of drug-likeness (QED) is 0.0204. The highest BCUT2D eigenvalue weighted by Gasteiger charge is 2.51. The molecule has 0 spiro atoms. The number of allylic oxidation sites excluding steroid dienone is 3. The SMILES string of the molecule is CCCCCCCCCCCCCCCCCCCCCCCCCCC/C=C/CC/C=C/C(O)C(COC1OC(CO)C(OC2OC(CO)C(O)C(O)C2O)C(O)C1O)NC(=O)CCCCCCCCCCCCCCCCCCCCCCCCCCC. The number of hydrogen-bond acceptors (Lipinski definition) is 13. The predicted molar refractivity (Wildman–Crippen MR) is 369 cm³/mol. The van der Waals surface area contributed by atoms with Crippen molar-refractivity contribution in [2.75, 3.05) is 19.8 Å². The molecule has 2 rings (SSSR count). The Morgan fingerprint density at radius 2 is 0.711 bits per heavy atom. The number of carbonyl (C=O) groups excluding carboxylic acids is 1. The topological polar surface area (TPSA) is 228 Å². The molecule has 0 aromatic heterocycles. The van der Waals surface area contributed by atoms with E-state index >= 15 is 0 Å². The summed E-state index contributed by atoms with van der Waals surface area (Å²) in [5.74, 6) is -0.240. The van der Waals surface area contributed by atoms with Crippen molar-refractivity contribution in [2.24, 2.45) is 0 Å². The van der Waals surface area contributed by atoms with Gasteiger partial charge in [-0.25, -0.2) is 0 Å². The van der Waals surface area contributed by atoms with E-state index in [9.17, 15) is 45.6 Å². The largest absolute Gasteiger partial charge is 0.394 e. The van der Waals surface area contributed by atoms with Crippen molar-refractivity contribution < 1.29 is 64.6 Å². The maximum atomic E-state index is 13.4. The first kappa shape index (κ1) is 84.6. The summed E-state index contributed by atoms with van der Waals surface area (Å²) in [6, 6.07) is -0.930. The van der Waals surface area contributed by atoms with Gasteiger partial charge in [0.2, 0.25) is 5.91 Å². The number of nitrogens with one attached hydrogen (secondary N) is 1. The summed E-state index contributed by atoms with van der Waals surface area (Å²) in [7, 11) is 0. The Morgan fingerprint density at radius 1 is 0.389 bits per heavy atom. The van der Waals surface area contributed by atoms with Gasteiger partial charge >= 0.3 is 0 Å². The van der Waals surface area contributed by atoms with Gasteiger partial charge < -0.3 is 65.1 Å². The van der Waals surface area contributed by atoms with E-state index in [-0.39, 0.29) is 18.9 Å². The highest BCUT2D eigenvalue weighted by Crippen LogP contribution is 2.30. The Kier molecular flexibility index (Phi) is 57.4. The van der Waals surface area contributed by atoms with Crippen LogP contribution in [0.3, 0.4) is 0 Å². The van der Waals surface area contributed by atoms with Crippen LogP contribution in [-0.2, 0) is 23.7 Å². The van der Waals surface area contributed by atoms with Crippen LogP contribution in [0.1, 0.15) is 361 Å². The maximum absolute atomic E-state index is 13.4. The van der Waals surface area contributed by atoms with Crippen LogP contribution in [0.5, 0.6) is 0 Å². The van der Waals surface area contributed by atoms with E-state index in [1.807, 2.05) is 6.08 Å². The molecule has 1 amide bonds. The minimum atomic E-state index is -1.79. The van der Waals surface area contributed by atoms with E-state index in [2.05, 4.69) is 31.3 Å². The average Bonchev–Trinajstić information content (AvgIpc) is 1.29. The van der Waals surface area contributed by atoms with E-state index in [1.165, 1.54) is 295 Å². The molecule has 14 heteroatoms. The fourth-order valence-electron chi connectivity index (χ4n) is 13.0. The Bertz CT molecular complexity index is 1600. The van der Waals surface area contributed by atoms with Crippen LogP contribution in [0.4, 0.5) is 0 Å². The first-order valence-electron chi connectivity index (χ1n) is 38.6. The molecule has 9 N–H and O–H groups in total. The van der Waals surface area contributed by atoms with Crippen molar-refractivity contribution in [2.45, 2.75) is 434 Å². The van der Waals surface area contributed by atoms with Crippen LogP contribution in [0.15, 0.2) is 24.3 Å². The zero-order chi connectivity index (χ0) is 65.2. The van der Waals surface area contributed by atoms with E-state index in [0.717, 1.165) is 32.1 Å².